The average Bonchev–Trinajstić information content (AvgIpc) is 2.63. The number of hydrogen-bond donors (Lipinski definition) is 2. The van der Waals surface area contributed by atoms with Crippen molar-refractivity contribution in [2.75, 3.05) is 12.4 Å². The zero-order valence-corrected chi connectivity index (χ0v) is 14.4. The SMILES string of the molecule is C#C[C@](C)(CC)NC(=O)c1cccnc1Nc1cccc(OC)c1F. The van der Waals surface area contributed by atoms with Gasteiger partial charge >= 0.3 is 0 Å². The summed E-state index contributed by atoms with van der Waals surface area (Å²) in [5.74, 6) is 1.94. The predicted molar refractivity (Wildman–Crippen MR) is 95.5 cm³/mol. The van der Waals surface area contributed by atoms with Gasteiger partial charge in [0.25, 0.3) is 5.91 Å². The van der Waals surface area contributed by atoms with Gasteiger partial charge in [-0.3, -0.25) is 4.79 Å². The van der Waals surface area contributed by atoms with Crippen molar-refractivity contribution in [3.8, 4) is 18.1 Å². The number of nitrogens with zero attached hydrogens (tertiary/aromatic N) is 1. The highest BCUT2D eigenvalue weighted by atomic mass is 19.1. The summed E-state index contributed by atoms with van der Waals surface area (Å²) < 4.78 is 19.3. The molecule has 0 aliphatic carbocycles. The molecule has 0 fully saturated rings. The molecular formula is C19H20FN3O2. The van der Waals surface area contributed by atoms with Crippen LogP contribution in [0.25, 0.3) is 0 Å². The lowest BCUT2D eigenvalue weighted by Crippen LogP contribution is -2.44. The number of halogens is 1. The van der Waals surface area contributed by atoms with Gasteiger partial charge in [0, 0.05) is 6.20 Å². The number of hydrogen-bond acceptors (Lipinski definition) is 4. The molecule has 1 atom stereocenters. The van der Waals surface area contributed by atoms with Crippen molar-refractivity contribution in [3.63, 3.8) is 0 Å². The number of methoxy groups -OCH3 is 1. The minimum atomic E-state index is -0.772. The van der Waals surface area contributed by atoms with E-state index in [2.05, 4.69) is 21.5 Å². The van der Waals surface area contributed by atoms with E-state index in [0.717, 1.165) is 0 Å². The Bertz CT molecular complexity index is 817. The van der Waals surface area contributed by atoms with E-state index < -0.39 is 11.4 Å². The minimum Gasteiger partial charge on any atom is -0.494 e. The van der Waals surface area contributed by atoms with Crippen LogP contribution in [0.4, 0.5) is 15.9 Å². The topological polar surface area (TPSA) is 63.2 Å². The van der Waals surface area contributed by atoms with Crippen LogP contribution < -0.4 is 15.4 Å². The second-order valence-corrected chi connectivity index (χ2v) is 5.63. The largest absolute Gasteiger partial charge is 0.494 e. The lowest BCUT2D eigenvalue weighted by molar-refractivity contribution is 0.0924. The van der Waals surface area contributed by atoms with Gasteiger partial charge < -0.3 is 15.4 Å². The third-order valence-electron chi connectivity index (χ3n) is 3.90. The first-order valence-corrected chi connectivity index (χ1v) is 7.79. The van der Waals surface area contributed by atoms with Gasteiger partial charge in [-0.1, -0.05) is 18.9 Å². The van der Waals surface area contributed by atoms with Crippen LogP contribution in [0.5, 0.6) is 5.75 Å². The van der Waals surface area contributed by atoms with Crippen LogP contribution in [0.15, 0.2) is 36.5 Å². The molecule has 1 aromatic heterocycles. The lowest BCUT2D eigenvalue weighted by Gasteiger charge is -2.24. The van der Waals surface area contributed by atoms with E-state index in [4.69, 9.17) is 11.2 Å². The first-order valence-electron chi connectivity index (χ1n) is 7.79. The Morgan fingerprint density at radius 1 is 1.40 bits per heavy atom. The fourth-order valence-corrected chi connectivity index (χ4v) is 2.13. The van der Waals surface area contributed by atoms with Crippen LogP contribution in [0.3, 0.4) is 0 Å². The van der Waals surface area contributed by atoms with E-state index in [1.54, 1.807) is 25.1 Å². The normalized spacial score (nSPS) is 12.6. The van der Waals surface area contributed by atoms with E-state index in [0.29, 0.717) is 6.42 Å². The molecule has 0 bridgehead atoms. The summed E-state index contributed by atoms with van der Waals surface area (Å²) in [5, 5.41) is 5.64. The van der Waals surface area contributed by atoms with Crippen molar-refractivity contribution in [2.45, 2.75) is 25.8 Å². The number of carbonyl (C=O) groups excluding carboxylic acids is 1. The number of amides is 1. The van der Waals surface area contributed by atoms with Gasteiger partial charge in [0.05, 0.1) is 23.9 Å². The van der Waals surface area contributed by atoms with E-state index >= 15 is 0 Å². The van der Waals surface area contributed by atoms with Crippen LogP contribution in [0.1, 0.15) is 30.6 Å². The summed E-state index contributed by atoms with van der Waals surface area (Å²) >= 11 is 0. The smallest absolute Gasteiger partial charge is 0.256 e. The molecule has 25 heavy (non-hydrogen) atoms. The molecule has 1 amide bonds. The maximum Gasteiger partial charge on any atom is 0.256 e. The van der Waals surface area contributed by atoms with Crippen molar-refractivity contribution < 1.29 is 13.9 Å². The summed E-state index contributed by atoms with van der Waals surface area (Å²) in [5.41, 5.74) is -0.354. The second-order valence-electron chi connectivity index (χ2n) is 5.63. The summed E-state index contributed by atoms with van der Waals surface area (Å²) in [6, 6.07) is 7.90. The molecule has 2 N–H and O–H groups in total. The average molecular weight is 341 g/mol. The monoisotopic (exact) mass is 341 g/mol. The number of benzene rings is 1. The number of rotatable bonds is 6. The van der Waals surface area contributed by atoms with Gasteiger partial charge in [-0.05, 0) is 37.6 Å². The van der Waals surface area contributed by atoms with Crippen molar-refractivity contribution in [1.82, 2.24) is 10.3 Å². The molecule has 0 spiro atoms. The van der Waals surface area contributed by atoms with Crippen LogP contribution in [0.2, 0.25) is 0 Å². The maximum atomic E-state index is 14.3. The maximum absolute atomic E-state index is 14.3. The van der Waals surface area contributed by atoms with Crippen LogP contribution in [0, 0.1) is 18.2 Å². The molecule has 0 unspecified atom stereocenters. The number of carbonyl (C=O) groups is 1. The van der Waals surface area contributed by atoms with E-state index in [1.165, 1.54) is 25.4 Å². The quantitative estimate of drug-likeness (QED) is 0.790. The van der Waals surface area contributed by atoms with Crippen LogP contribution in [-0.4, -0.2) is 23.5 Å². The van der Waals surface area contributed by atoms with Crippen molar-refractivity contribution >= 4 is 17.4 Å². The fourth-order valence-electron chi connectivity index (χ4n) is 2.13. The van der Waals surface area contributed by atoms with Crippen molar-refractivity contribution in [3.05, 3.63) is 47.9 Å². The Hall–Kier alpha value is -3.07. The first kappa shape index (κ1) is 18.3. The van der Waals surface area contributed by atoms with Crippen molar-refractivity contribution in [2.24, 2.45) is 0 Å². The Labute approximate surface area is 146 Å². The van der Waals surface area contributed by atoms with Crippen molar-refractivity contribution in [1.29, 1.82) is 0 Å². The molecule has 130 valence electrons. The first-order chi connectivity index (χ1) is 11.9. The molecule has 1 aromatic carbocycles. The molecule has 6 heteroatoms. The standard InChI is InChI=1S/C19H20FN3O2/c1-5-19(3,6-2)23-18(24)13-9-8-12-21-17(13)22-14-10-7-11-15(25-4)16(14)20/h1,7-12H,6H2,2-4H3,(H,21,22)(H,23,24)/t19-/m1/s1. The third-order valence-corrected chi connectivity index (χ3v) is 3.90. The predicted octanol–water partition coefficient (Wildman–Crippen LogP) is 3.50. The molecule has 0 saturated heterocycles. The van der Waals surface area contributed by atoms with Gasteiger partial charge in [-0.15, -0.1) is 6.42 Å². The molecule has 0 aliphatic heterocycles. The summed E-state index contributed by atoms with van der Waals surface area (Å²) in [6.45, 7) is 3.64. The van der Waals surface area contributed by atoms with Gasteiger partial charge in [0.2, 0.25) is 0 Å². The highest BCUT2D eigenvalue weighted by Crippen LogP contribution is 2.27. The summed E-state index contributed by atoms with van der Waals surface area (Å²) in [4.78, 5) is 16.7. The molecule has 2 aromatic rings. The second kappa shape index (κ2) is 7.67. The Morgan fingerprint density at radius 3 is 2.80 bits per heavy atom. The Balaban J connectivity index is 2.33. The highest BCUT2D eigenvalue weighted by Gasteiger charge is 2.24. The van der Waals surface area contributed by atoms with Crippen LogP contribution in [-0.2, 0) is 0 Å². The van der Waals surface area contributed by atoms with E-state index in [9.17, 15) is 9.18 Å². The zero-order chi connectivity index (χ0) is 18.4. The molecule has 0 saturated carbocycles. The third kappa shape index (κ3) is 4.07. The van der Waals surface area contributed by atoms with E-state index in [-0.39, 0.29) is 28.7 Å². The molecule has 5 nitrogen and oxygen atoms in total. The highest BCUT2D eigenvalue weighted by molar-refractivity contribution is 6.00. The lowest BCUT2D eigenvalue weighted by atomic mass is 9.99. The molecular weight excluding hydrogens is 321 g/mol. The molecule has 0 aliphatic rings. The van der Waals surface area contributed by atoms with Crippen LogP contribution >= 0.6 is 0 Å². The minimum absolute atomic E-state index is 0.0952. The summed E-state index contributed by atoms with van der Waals surface area (Å²) in [7, 11) is 1.38. The van der Waals surface area contributed by atoms with E-state index in [1.807, 2.05) is 6.92 Å². The Kier molecular flexibility index (Phi) is 5.60. The van der Waals surface area contributed by atoms with Gasteiger partial charge in [-0.2, -0.15) is 0 Å². The Morgan fingerprint density at radius 2 is 2.16 bits per heavy atom. The number of pyridine rings is 1. The number of anilines is 2. The van der Waals surface area contributed by atoms with Gasteiger partial charge in [0.15, 0.2) is 11.6 Å². The molecule has 0 radical (unpaired) electrons. The van der Waals surface area contributed by atoms with Gasteiger partial charge in [0.1, 0.15) is 5.82 Å². The number of ether oxygens (including phenoxy) is 1. The summed E-state index contributed by atoms with van der Waals surface area (Å²) in [6.07, 6.45) is 7.58. The molecule has 2 rings (SSSR count). The molecule has 1 heterocycles. The van der Waals surface area contributed by atoms with Gasteiger partial charge in [-0.25, -0.2) is 9.37 Å². The number of terminal acetylenes is 1. The number of aromatic nitrogens is 1. The number of nitrogens with one attached hydrogen (secondary N) is 2. The fraction of sp³-hybridized carbons (Fsp3) is 0.263. The zero-order valence-electron chi connectivity index (χ0n) is 14.4.